The quantitative estimate of drug-likeness (QED) is 0.398. The number of aromatic nitrogens is 3. The van der Waals surface area contributed by atoms with E-state index in [0.29, 0.717) is 15.9 Å². The third-order valence-electron chi connectivity index (χ3n) is 2.18. The van der Waals surface area contributed by atoms with Crippen LogP contribution in [0.15, 0.2) is 35.8 Å². The van der Waals surface area contributed by atoms with Crippen molar-refractivity contribution in [3.63, 3.8) is 0 Å². The van der Waals surface area contributed by atoms with E-state index < -0.39 is 0 Å². The molecule has 6 nitrogen and oxygen atoms in total. The number of amidine groups is 1. The van der Waals surface area contributed by atoms with Gasteiger partial charge in [-0.15, -0.1) is 0 Å². The highest BCUT2D eigenvalue weighted by Crippen LogP contribution is 2.25. The molecule has 96 valence electrons. The van der Waals surface area contributed by atoms with Crippen molar-refractivity contribution >= 4 is 34.2 Å². The van der Waals surface area contributed by atoms with Crippen LogP contribution in [0.5, 0.6) is 0 Å². The summed E-state index contributed by atoms with van der Waals surface area (Å²) >= 11 is 7.52. The molecule has 2 rings (SSSR count). The Morgan fingerprint density at radius 2 is 2.42 bits per heavy atom. The molecule has 2 aromatic rings. The van der Waals surface area contributed by atoms with Crippen molar-refractivity contribution in [3.05, 3.63) is 35.9 Å². The second-order valence-corrected chi connectivity index (χ2v) is 4.54. The lowest BCUT2D eigenvalue weighted by molar-refractivity contribution is 0.879. The van der Waals surface area contributed by atoms with Gasteiger partial charge in [0.25, 0.3) is 0 Å². The number of hydrogen-bond donors (Lipinski definition) is 1. The minimum absolute atomic E-state index is 0.504. The molecule has 1 aromatic carbocycles. The van der Waals surface area contributed by atoms with Gasteiger partial charge in [-0.05, 0) is 24.5 Å². The summed E-state index contributed by atoms with van der Waals surface area (Å²) in [6.07, 6.45) is 6.66. The number of thioether (sulfide) groups is 1. The Hall–Kier alpha value is -2.04. The first-order valence-corrected chi connectivity index (χ1v) is 6.77. The maximum atomic E-state index is 8.57. The van der Waals surface area contributed by atoms with Gasteiger partial charge in [-0.1, -0.05) is 23.4 Å². The van der Waals surface area contributed by atoms with Crippen LogP contribution in [0.2, 0.25) is 5.02 Å². The highest BCUT2D eigenvalue weighted by Gasteiger charge is 2.05. The number of halogens is 1. The van der Waals surface area contributed by atoms with E-state index in [2.05, 4.69) is 20.4 Å². The normalized spacial score (nSPS) is 11.1. The maximum absolute atomic E-state index is 8.57. The summed E-state index contributed by atoms with van der Waals surface area (Å²) in [5, 5.41) is 16.1. The molecule has 0 amide bonds. The van der Waals surface area contributed by atoms with E-state index in [0.717, 1.165) is 5.69 Å². The molecule has 0 aliphatic heterocycles. The van der Waals surface area contributed by atoms with Gasteiger partial charge in [0.2, 0.25) is 0 Å². The molecule has 0 saturated carbocycles. The molecule has 0 fully saturated rings. The van der Waals surface area contributed by atoms with Crippen molar-refractivity contribution in [2.24, 2.45) is 4.99 Å². The Morgan fingerprint density at radius 1 is 1.58 bits per heavy atom. The molecule has 19 heavy (non-hydrogen) atoms. The number of nitriles is 1. The number of benzene rings is 1. The van der Waals surface area contributed by atoms with Crippen LogP contribution in [0.25, 0.3) is 5.69 Å². The Morgan fingerprint density at radius 3 is 3.00 bits per heavy atom. The molecule has 0 radical (unpaired) electrons. The lowest BCUT2D eigenvalue weighted by Crippen LogP contribution is -2.12. The van der Waals surface area contributed by atoms with E-state index in [1.54, 1.807) is 29.2 Å². The first-order chi connectivity index (χ1) is 9.24. The van der Waals surface area contributed by atoms with Gasteiger partial charge in [-0.2, -0.15) is 10.4 Å². The van der Waals surface area contributed by atoms with Gasteiger partial charge in [-0.25, -0.2) is 14.7 Å². The van der Waals surface area contributed by atoms with Gasteiger partial charge < -0.3 is 0 Å². The Labute approximate surface area is 119 Å². The van der Waals surface area contributed by atoms with E-state index in [4.69, 9.17) is 16.9 Å². The number of nitrogens with zero attached hydrogens (tertiary/aromatic N) is 5. The van der Waals surface area contributed by atoms with Crippen LogP contribution in [-0.2, 0) is 0 Å². The van der Waals surface area contributed by atoms with E-state index in [1.165, 1.54) is 18.1 Å². The van der Waals surface area contributed by atoms with Crippen molar-refractivity contribution < 1.29 is 0 Å². The molecule has 0 aliphatic rings. The zero-order valence-electron chi connectivity index (χ0n) is 9.91. The molecule has 0 saturated heterocycles. The SMILES string of the molecule is CSC(=Nc1ccc(-n2cncn2)c(Cl)c1)NC#N. The number of aliphatic imine (C=N–C) groups is 1. The third-order valence-corrected chi connectivity index (χ3v) is 3.07. The molecule has 1 N–H and O–H groups in total. The van der Waals surface area contributed by atoms with Gasteiger partial charge in [-0.3, -0.25) is 5.32 Å². The van der Waals surface area contributed by atoms with Crippen LogP contribution in [-0.4, -0.2) is 26.2 Å². The highest BCUT2D eigenvalue weighted by molar-refractivity contribution is 8.13. The highest BCUT2D eigenvalue weighted by atomic mass is 35.5. The predicted octanol–water partition coefficient (Wildman–Crippen LogP) is 2.34. The van der Waals surface area contributed by atoms with Crippen LogP contribution in [0, 0.1) is 11.5 Å². The molecular weight excluding hydrogens is 284 g/mol. The topological polar surface area (TPSA) is 78.9 Å². The van der Waals surface area contributed by atoms with Crippen molar-refractivity contribution in [1.82, 2.24) is 20.1 Å². The fourth-order valence-electron chi connectivity index (χ4n) is 1.37. The molecule has 0 bridgehead atoms. The minimum Gasteiger partial charge on any atom is -0.271 e. The molecule has 1 heterocycles. The van der Waals surface area contributed by atoms with Gasteiger partial charge >= 0.3 is 0 Å². The molecule has 0 unspecified atom stereocenters. The van der Waals surface area contributed by atoms with Crippen LogP contribution in [0.4, 0.5) is 5.69 Å². The monoisotopic (exact) mass is 292 g/mol. The number of rotatable bonds is 2. The van der Waals surface area contributed by atoms with Gasteiger partial charge in [0, 0.05) is 0 Å². The first-order valence-electron chi connectivity index (χ1n) is 5.17. The maximum Gasteiger partial charge on any atom is 0.183 e. The summed E-state index contributed by atoms with van der Waals surface area (Å²) in [5.41, 5.74) is 1.37. The predicted molar refractivity (Wildman–Crippen MR) is 75.7 cm³/mol. The zero-order chi connectivity index (χ0) is 13.7. The summed E-state index contributed by atoms with van der Waals surface area (Å²) < 4.78 is 1.57. The lowest BCUT2D eigenvalue weighted by atomic mass is 10.3. The Balaban J connectivity index is 2.32. The Bertz CT molecular complexity index is 631. The van der Waals surface area contributed by atoms with Gasteiger partial charge in [0.15, 0.2) is 11.4 Å². The lowest BCUT2D eigenvalue weighted by Gasteiger charge is -2.05. The van der Waals surface area contributed by atoms with E-state index >= 15 is 0 Å². The fraction of sp³-hybridized carbons (Fsp3) is 0.0909. The van der Waals surface area contributed by atoms with Crippen LogP contribution in [0.1, 0.15) is 0 Å². The second kappa shape index (κ2) is 6.22. The summed E-state index contributed by atoms with van der Waals surface area (Å²) in [6, 6.07) is 5.28. The molecular formula is C11H9ClN6S. The minimum atomic E-state index is 0.504. The van der Waals surface area contributed by atoms with E-state index in [9.17, 15) is 0 Å². The number of nitrogens with one attached hydrogen (secondary N) is 1. The van der Waals surface area contributed by atoms with Crippen molar-refractivity contribution in [3.8, 4) is 11.9 Å². The van der Waals surface area contributed by atoms with Crippen molar-refractivity contribution in [1.29, 1.82) is 5.26 Å². The summed E-state index contributed by atoms with van der Waals surface area (Å²) in [4.78, 5) is 8.13. The van der Waals surface area contributed by atoms with Gasteiger partial charge in [0.05, 0.1) is 16.4 Å². The largest absolute Gasteiger partial charge is 0.271 e. The van der Waals surface area contributed by atoms with Crippen molar-refractivity contribution in [2.45, 2.75) is 0 Å². The smallest absolute Gasteiger partial charge is 0.183 e. The molecule has 0 aliphatic carbocycles. The van der Waals surface area contributed by atoms with E-state index in [1.807, 2.05) is 12.4 Å². The van der Waals surface area contributed by atoms with Crippen LogP contribution in [0.3, 0.4) is 0 Å². The van der Waals surface area contributed by atoms with Crippen LogP contribution >= 0.6 is 23.4 Å². The standard InChI is InChI=1S/C11H9ClN6S/c1-19-11(15-5-13)17-8-2-3-10(9(12)4-8)18-7-14-6-16-18/h2-4,6-7H,1H3,(H,15,17). The first kappa shape index (κ1) is 13.4. The van der Waals surface area contributed by atoms with Gasteiger partial charge in [0.1, 0.15) is 12.7 Å². The summed E-state index contributed by atoms with van der Waals surface area (Å²) in [7, 11) is 0. The number of hydrogen-bond acceptors (Lipinski definition) is 5. The fourth-order valence-corrected chi connectivity index (χ4v) is 1.98. The average molecular weight is 293 g/mol. The van der Waals surface area contributed by atoms with E-state index in [-0.39, 0.29) is 0 Å². The molecule has 0 atom stereocenters. The van der Waals surface area contributed by atoms with Crippen LogP contribution < -0.4 is 5.32 Å². The summed E-state index contributed by atoms with van der Waals surface area (Å²) in [6.45, 7) is 0. The third kappa shape index (κ3) is 3.24. The van der Waals surface area contributed by atoms with Crippen molar-refractivity contribution in [2.75, 3.05) is 6.26 Å². The second-order valence-electron chi connectivity index (χ2n) is 3.33. The zero-order valence-corrected chi connectivity index (χ0v) is 11.5. The molecule has 0 spiro atoms. The average Bonchev–Trinajstić information content (AvgIpc) is 2.92. The molecule has 8 heteroatoms. The Kier molecular flexibility index (Phi) is 4.39. The molecule has 1 aromatic heterocycles. The summed E-state index contributed by atoms with van der Waals surface area (Å²) in [5.74, 6) is 0.